The monoisotopic (exact) mass is 420 g/mol. The molecule has 7 nitrogen and oxygen atoms in total. The Kier molecular flexibility index (Phi) is 4.43. The Labute approximate surface area is 177 Å². The molecule has 5 rings (SSSR count). The second-order valence-corrected chi connectivity index (χ2v) is 8.25. The lowest BCUT2D eigenvalue weighted by molar-refractivity contribution is 0.0879. The van der Waals surface area contributed by atoms with Crippen molar-refractivity contribution in [2.75, 3.05) is 13.8 Å². The second kappa shape index (κ2) is 7.14. The largest absolute Gasteiger partial charge is 0.496 e. The van der Waals surface area contributed by atoms with Crippen LogP contribution in [0.15, 0.2) is 42.0 Å². The van der Waals surface area contributed by atoms with Gasteiger partial charge in [-0.25, -0.2) is 9.97 Å². The van der Waals surface area contributed by atoms with E-state index in [4.69, 9.17) is 14.5 Å². The van der Waals surface area contributed by atoms with Crippen LogP contribution in [0.1, 0.15) is 35.1 Å². The normalized spacial score (nSPS) is 13.3. The van der Waals surface area contributed by atoms with Gasteiger partial charge in [0.05, 0.1) is 34.5 Å². The lowest BCUT2D eigenvalue weighted by Crippen LogP contribution is -2.33. The maximum atomic E-state index is 12.2. The molecule has 30 heavy (non-hydrogen) atoms. The first-order chi connectivity index (χ1) is 14.5. The number of carbonyl (C=O) groups is 1. The molecule has 0 fully saturated rings. The van der Waals surface area contributed by atoms with E-state index in [0.717, 1.165) is 33.0 Å². The summed E-state index contributed by atoms with van der Waals surface area (Å²) in [7, 11) is 1.54. The number of imidazole rings is 1. The first-order valence-corrected chi connectivity index (χ1v) is 10.5. The number of thiazole rings is 1. The lowest BCUT2D eigenvalue weighted by Gasteiger charge is -2.21. The van der Waals surface area contributed by atoms with E-state index in [1.165, 1.54) is 0 Å². The van der Waals surface area contributed by atoms with Crippen LogP contribution in [0.2, 0.25) is 0 Å². The number of benzene rings is 2. The number of carbonyl (C=O) groups excluding carboxylic acids is 1. The van der Waals surface area contributed by atoms with Gasteiger partial charge in [-0.05, 0) is 12.1 Å². The van der Waals surface area contributed by atoms with Gasteiger partial charge in [0.2, 0.25) is 0 Å². The van der Waals surface area contributed by atoms with Gasteiger partial charge in [-0.15, -0.1) is 11.3 Å². The van der Waals surface area contributed by atoms with Crippen molar-refractivity contribution in [3.63, 3.8) is 0 Å². The van der Waals surface area contributed by atoms with E-state index in [0.29, 0.717) is 23.0 Å². The van der Waals surface area contributed by atoms with Crippen molar-refractivity contribution < 1.29 is 14.3 Å². The van der Waals surface area contributed by atoms with Crippen molar-refractivity contribution in [2.24, 2.45) is 0 Å². The van der Waals surface area contributed by atoms with Gasteiger partial charge in [0, 0.05) is 29.0 Å². The number of hydrogen-bond acceptors (Lipinski definition) is 6. The molecule has 4 aromatic rings. The van der Waals surface area contributed by atoms with Gasteiger partial charge >= 0.3 is 0 Å². The van der Waals surface area contributed by atoms with Crippen LogP contribution in [-0.4, -0.2) is 34.3 Å². The Bertz CT molecular complexity index is 1260. The quantitative estimate of drug-likeness (QED) is 0.531. The number of rotatable bonds is 4. The molecule has 0 radical (unpaired) electrons. The van der Waals surface area contributed by atoms with E-state index in [2.05, 4.69) is 35.6 Å². The van der Waals surface area contributed by atoms with E-state index in [9.17, 15) is 4.79 Å². The summed E-state index contributed by atoms with van der Waals surface area (Å²) in [5.74, 6) is 1.16. The summed E-state index contributed by atoms with van der Waals surface area (Å²) >= 11 is 1.68. The molecule has 2 aromatic carbocycles. The number of aromatic nitrogens is 3. The first kappa shape index (κ1) is 18.6. The predicted molar refractivity (Wildman–Crippen MR) is 116 cm³/mol. The highest BCUT2D eigenvalue weighted by Gasteiger charge is 2.24. The molecule has 3 heterocycles. The smallest absolute Gasteiger partial charge is 0.261 e. The van der Waals surface area contributed by atoms with Gasteiger partial charge in [-0.1, -0.05) is 19.9 Å². The van der Waals surface area contributed by atoms with E-state index >= 15 is 0 Å². The summed E-state index contributed by atoms with van der Waals surface area (Å²) in [5.41, 5.74) is 5.03. The average Bonchev–Trinajstić information content (AvgIpc) is 3.40. The average molecular weight is 420 g/mol. The Morgan fingerprint density at radius 1 is 1.27 bits per heavy atom. The summed E-state index contributed by atoms with van der Waals surface area (Å²) in [6.45, 7) is 4.43. The molecule has 0 bridgehead atoms. The number of nitrogens with one attached hydrogen (secondary N) is 1. The highest BCUT2D eigenvalue weighted by atomic mass is 32.1. The molecule has 1 aliphatic heterocycles. The molecule has 0 aliphatic carbocycles. The Hall–Kier alpha value is -3.39. The minimum Gasteiger partial charge on any atom is -0.496 e. The summed E-state index contributed by atoms with van der Waals surface area (Å²) in [4.78, 5) is 21.5. The van der Waals surface area contributed by atoms with Gasteiger partial charge in [0.25, 0.3) is 5.91 Å². The fraction of sp³-hybridized carbons (Fsp3) is 0.227. The molecule has 0 atom stereocenters. The molecule has 1 N–H and O–H groups in total. The minimum absolute atomic E-state index is 0.137. The van der Waals surface area contributed by atoms with E-state index in [-0.39, 0.29) is 12.6 Å². The highest BCUT2D eigenvalue weighted by molar-refractivity contribution is 7.10. The van der Waals surface area contributed by atoms with Crippen LogP contribution < -0.4 is 14.8 Å². The number of methoxy groups -OCH3 is 1. The van der Waals surface area contributed by atoms with Crippen molar-refractivity contribution in [2.45, 2.75) is 19.8 Å². The molecule has 0 saturated carbocycles. The minimum atomic E-state index is -0.205. The van der Waals surface area contributed by atoms with Crippen LogP contribution in [0.4, 0.5) is 0 Å². The van der Waals surface area contributed by atoms with Crippen LogP contribution in [0, 0.1) is 0 Å². The van der Waals surface area contributed by atoms with Gasteiger partial charge < -0.3 is 14.8 Å². The predicted octanol–water partition coefficient (Wildman–Crippen LogP) is 4.36. The van der Waals surface area contributed by atoms with Crippen LogP contribution >= 0.6 is 11.3 Å². The Morgan fingerprint density at radius 2 is 2.13 bits per heavy atom. The molecule has 2 aromatic heterocycles. The Balaban J connectivity index is 1.58. The number of amides is 1. The van der Waals surface area contributed by atoms with Crippen molar-refractivity contribution >= 4 is 28.3 Å². The van der Waals surface area contributed by atoms with Gasteiger partial charge in [0.15, 0.2) is 6.73 Å². The number of hydrogen-bond donors (Lipinski definition) is 1. The number of fused-ring (bicyclic) bond motifs is 2. The summed E-state index contributed by atoms with van der Waals surface area (Å²) in [5, 5.41) is 5.88. The zero-order chi connectivity index (χ0) is 20.8. The summed E-state index contributed by atoms with van der Waals surface area (Å²) in [6.07, 6.45) is 1.76. The van der Waals surface area contributed by atoms with E-state index < -0.39 is 0 Å². The Morgan fingerprint density at radius 3 is 2.90 bits per heavy atom. The fourth-order valence-corrected chi connectivity index (χ4v) is 4.39. The van der Waals surface area contributed by atoms with Crippen LogP contribution in [-0.2, 0) is 0 Å². The highest BCUT2D eigenvalue weighted by Crippen LogP contribution is 2.35. The van der Waals surface area contributed by atoms with Crippen LogP contribution in [0.5, 0.6) is 11.5 Å². The lowest BCUT2D eigenvalue weighted by atomic mass is 10.1. The van der Waals surface area contributed by atoms with Crippen LogP contribution in [0.25, 0.3) is 28.0 Å². The molecule has 8 heteroatoms. The zero-order valence-electron chi connectivity index (χ0n) is 16.8. The van der Waals surface area contributed by atoms with Crippen molar-refractivity contribution in [3.8, 4) is 28.4 Å². The second-order valence-electron chi connectivity index (χ2n) is 7.36. The third-order valence-corrected chi connectivity index (χ3v) is 6.24. The fourth-order valence-electron chi connectivity index (χ4n) is 3.54. The molecule has 152 valence electrons. The third-order valence-electron chi connectivity index (χ3n) is 5.10. The SMILES string of the molecule is COc1cc(-n2cnc3cc(-c4csc(C(C)C)n4)ccc32)cc2c1C(=O)NCO2. The van der Waals surface area contributed by atoms with Crippen molar-refractivity contribution in [1.29, 1.82) is 0 Å². The molecule has 1 amide bonds. The van der Waals surface area contributed by atoms with Gasteiger partial charge in [0.1, 0.15) is 23.4 Å². The van der Waals surface area contributed by atoms with E-state index in [1.54, 1.807) is 24.8 Å². The van der Waals surface area contributed by atoms with Crippen molar-refractivity contribution in [1.82, 2.24) is 19.9 Å². The maximum absolute atomic E-state index is 12.2. The number of ether oxygens (including phenoxy) is 2. The molecule has 0 unspecified atom stereocenters. The zero-order valence-corrected chi connectivity index (χ0v) is 17.6. The van der Waals surface area contributed by atoms with Gasteiger partial charge in [-0.3, -0.25) is 9.36 Å². The molecule has 0 saturated heterocycles. The van der Waals surface area contributed by atoms with E-state index in [1.807, 2.05) is 28.8 Å². The molecular weight excluding hydrogens is 400 g/mol. The molecule has 1 aliphatic rings. The topological polar surface area (TPSA) is 78.3 Å². The van der Waals surface area contributed by atoms with Crippen molar-refractivity contribution in [3.05, 3.63) is 52.6 Å². The summed E-state index contributed by atoms with van der Waals surface area (Å²) < 4.78 is 13.0. The van der Waals surface area contributed by atoms with Gasteiger partial charge in [-0.2, -0.15) is 0 Å². The maximum Gasteiger partial charge on any atom is 0.261 e. The summed E-state index contributed by atoms with van der Waals surface area (Å²) in [6, 6.07) is 9.79. The molecular formula is C22H20N4O3S. The van der Waals surface area contributed by atoms with Crippen LogP contribution in [0.3, 0.4) is 0 Å². The number of nitrogens with zero attached hydrogens (tertiary/aromatic N) is 3. The third kappa shape index (κ3) is 3.00. The first-order valence-electron chi connectivity index (χ1n) is 9.61. The standard InChI is InChI=1S/C22H20N4O3S/c1-12(2)22-25-16(9-30-22)13-4-5-17-15(6-13)23-10-26(17)14-7-18(28-3)20-19(8-14)29-11-24-21(20)27/h4-10,12H,11H2,1-3H3,(H,24,27). The molecule has 0 spiro atoms.